The van der Waals surface area contributed by atoms with Crippen molar-refractivity contribution in [3.05, 3.63) is 23.8 Å². The van der Waals surface area contributed by atoms with Crippen LogP contribution in [0.2, 0.25) is 0 Å². The van der Waals surface area contributed by atoms with Crippen LogP contribution >= 0.6 is 0 Å². The predicted molar refractivity (Wildman–Crippen MR) is 69.6 cm³/mol. The number of carbonyl (C=O) groups excluding carboxylic acids is 2. The third kappa shape index (κ3) is 1.45. The van der Waals surface area contributed by atoms with Crippen molar-refractivity contribution in [2.45, 2.75) is 12.2 Å². The highest BCUT2D eigenvalue weighted by Gasteiger charge is 2.64. The fourth-order valence-corrected chi connectivity index (χ4v) is 4.02. The van der Waals surface area contributed by atoms with Gasteiger partial charge >= 0.3 is 5.97 Å². The number of hydrogen-bond acceptors (Lipinski definition) is 5. The fraction of sp³-hybridized carbons (Fsp3) is 0.600. The number of esters is 1. The fourth-order valence-electron chi connectivity index (χ4n) is 4.02. The van der Waals surface area contributed by atoms with Gasteiger partial charge in [-0.15, -0.1) is 0 Å². The largest absolute Gasteiger partial charge is 0.466 e. The molecule has 0 spiro atoms. The summed E-state index contributed by atoms with van der Waals surface area (Å²) in [4.78, 5) is 24.7. The van der Waals surface area contributed by atoms with E-state index in [1.165, 1.54) is 21.3 Å². The summed E-state index contributed by atoms with van der Waals surface area (Å²) in [6.07, 6.45) is 6.79. The monoisotopic (exact) mass is 278 g/mol. The van der Waals surface area contributed by atoms with Crippen LogP contribution in [0.3, 0.4) is 0 Å². The molecule has 4 atom stereocenters. The Balaban J connectivity index is 2.13. The van der Waals surface area contributed by atoms with Gasteiger partial charge in [-0.05, 0) is 18.3 Å². The summed E-state index contributed by atoms with van der Waals surface area (Å²) in [6.45, 7) is 0. The molecule has 0 heterocycles. The van der Waals surface area contributed by atoms with Gasteiger partial charge in [-0.3, -0.25) is 4.79 Å². The first kappa shape index (κ1) is 13.5. The normalized spacial score (nSPS) is 36.8. The SMILES string of the molecule is COC(=O)C1=C[C@@H]2[C@H]3CC=C[C@H]3[C@@H]1C(=O)C2(OC)OC. The van der Waals surface area contributed by atoms with Gasteiger partial charge in [-0.25, -0.2) is 4.79 Å². The van der Waals surface area contributed by atoms with Gasteiger partial charge in [-0.2, -0.15) is 0 Å². The van der Waals surface area contributed by atoms with Crippen LogP contribution in [0, 0.1) is 23.7 Å². The number of methoxy groups -OCH3 is 3. The Bertz CT molecular complexity index is 514. The van der Waals surface area contributed by atoms with Crippen LogP contribution in [-0.2, 0) is 23.8 Å². The molecule has 5 heteroatoms. The summed E-state index contributed by atoms with van der Waals surface area (Å²) < 4.78 is 15.7. The van der Waals surface area contributed by atoms with Gasteiger partial charge in [-0.1, -0.05) is 18.2 Å². The van der Waals surface area contributed by atoms with Crippen molar-refractivity contribution in [2.75, 3.05) is 21.3 Å². The minimum atomic E-state index is -1.27. The Morgan fingerprint density at radius 2 is 2.00 bits per heavy atom. The lowest BCUT2D eigenvalue weighted by atomic mass is 9.57. The Morgan fingerprint density at radius 3 is 2.60 bits per heavy atom. The van der Waals surface area contributed by atoms with Crippen molar-refractivity contribution < 1.29 is 23.8 Å². The highest BCUT2D eigenvalue weighted by molar-refractivity contribution is 6.03. The van der Waals surface area contributed by atoms with Crippen molar-refractivity contribution in [1.82, 2.24) is 0 Å². The molecule has 0 aromatic heterocycles. The Hall–Kier alpha value is -1.46. The Labute approximate surface area is 117 Å². The molecule has 5 nitrogen and oxygen atoms in total. The number of ether oxygens (including phenoxy) is 3. The number of rotatable bonds is 3. The first-order chi connectivity index (χ1) is 9.60. The van der Waals surface area contributed by atoms with Gasteiger partial charge in [0.1, 0.15) is 0 Å². The molecule has 4 rings (SSSR count). The number of carbonyl (C=O) groups is 2. The molecule has 20 heavy (non-hydrogen) atoms. The molecule has 0 aromatic carbocycles. The lowest BCUT2D eigenvalue weighted by molar-refractivity contribution is -0.248. The maximum atomic E-state index is 12.8. The molecule has 0 N–H and O–H groups in total. The number of Topliss-reactive ketones (excluding diaryl/α,β-unsaturated/α-hetero) is 1. The summed E-state index contributed by atoms with van der Waals surface area (Å²) in [5.74, 6) is -2.39. The Morgan fingerprint density at radius 1 is 1.30 bits per heavy atom. The number of ketones is 1. The zero-order valence-corrected chi connectivity index (χ0v) is 11.8. The number of hydrogen-bond donors (Lipinski definition) is 0. The molecule has 0 aromatic rings. The molecule has 1 fully saturated rings. The Kier molecular flexibility index (Phi) is 3.06. The first-order valence-corrected chi connectivity index (χ1v) is 6.72. The average Bonchev–Trinajstić information content (AvgIpc) is 2.97. The van der Waals surface area contributed by atoms with E-state index in [-0.39, 0.29) is 23.5 Å². The third-order valence-corrected chi connectivity index (χ3v) is 4.89. The summed E-state index contributed by atoms with van der Waals surface area (Å²) >= 11 is 0. The zero-order valence-electron chi connectivity index (χ0n) is 11.8. The third-order valence-electron chi connectivity index (χ3n) is 4.89. The molecule has 0 radical (unpaired) electrons. The first-order valence-electron chi connectivity index (χ1n) is 6.72. The molecule has 0 saturated heterocycles. The smallest absolute Gasteiger partial charge is 0.334 e. The standard InChI is InChI=1S/C15H18O5/c1-18-14(17)10-7-11-8-5-4-6-9(8)12(10)13(16)15(11,19-2)20-3/h4,6-9,11-12H,5H2,1-3H3/t8-,9+,11+,12-/m0/s1. The van der Waals surface area contributed by atoms with Crippen molar-refractivity contribution in [1.29, 1.82) is 0 Å². The maximum absolute atomic E-state index is 12.8. The van der Waals surface area contributed by atoms with Crippen LogP contribution < -0.4 is 0 Å². The lowest BCUT2D eigenvalue weighted by Crippen LogP contribution is -2.63. The van der Waals surface area contributed by atoms with Crippen LogP contribution in [0.15, 0.2) is 23.8 Å². The molecule has 1 saturated carbocycles. The molecular formula is C15H18O5. The van der Waals surface area contributed by atoms with Crippen molar-refractivity contribution >= 4 is 11.8 Å². The zero-order chi connectivity index (χ0) is 14.5. The molecular weight excluding hydrogens is 260 g/mol. The second kappa shape index (κ2) is 4.53. The van der Waals surface area contributed by atoms with Crippen molar-refractivity contribution in [3.63, 3.8) is 0 Å². The van der Waals surface area contributed by atoms with Crippen LogP contribution in [0.4, 0.5) is 0 Å². The van der Waals surface area contributed by atoms with E-state index in [0.29, 0.717) is 5.57 Å². The predicted octanol–water partition coefficient (Wildman–Crippen LogP) is 1.10. The van der Waals surface area contributed by atoms with Crippen LogP contribution in [0.5, 0.6) is 0 Å². The van der Waals surface area contributed by atoms with E-state index in [0.717, 1.165) is 6.42 Å². The summed E-state index contributed by atoms with van der Waals surface area (Å²) in [5.41, 5.74) is 0.444. The van der Waals surface area contributed by atoms with Crippen molar-refractivity contribution in [3.8, 4) is 0 Å². The maximum Gasteiger partial charge on any atom is 0.334 e. The molecule has 4 aliphatic carbocycles. The second-order valence-corrected chi connectivity index (χ2v) is 5.46. The minimum absolute atomic E-state index is 0.0463. The highest BCUT2D eigenvalue weighted by Crippen LogP contribution is 2.56. The van der Waals surface area contributed by atoms with Gasteiger partial charge in [0.05, 0.1) is 13.0 Å². The molecule has 0 amide bonds. The van der Waals surface area contributed by atoms with Gasteiger partial charge in [0, 0.05) is 25.7 Å². The van der Waals surface area contributed by atoms with Gasteiger partial charge in [0.25, 0.3) is 0 Å². The minimum Gasteiger partial charge on any atom is -0.466 e. The number of allylic oxidation sites excluding steroid dienone is 2. The molecule has 2 bridgehead atoms. The van der Waals surface area contributed by atoms with E-state index < -0.39 is 17.7 Å². The highest BCUT2D eigenvalue weighted by atomic mass is 16.7. The van der Waals surface area contributed by atoms with E-state index in [9.17, 15) is 9.59 Å². The quantitative estimate of drug-likeness (QED) is 0.439. The molecule has 4 aliphatic rings. The topological polar surface area (TPSA) is 61.8 Å². The summed E-state index contributed by atoms with van der Waals surface area (Å²) in [5, 5.41) is 0. The van der Waals surface area contributed by atoms with E-state index in [2.05, 4.69) is 6.08 Å². The summed E-state index contributed by atoms with van der Waals surface area (Å²) in [6, 6.07) is 0. The number of fused-ring (bicyclic) bond motifs is 1. The lowest BCUT2D eigenvalue weighted by Gasteiger charge is -2.52. The summed E-state index contributed by atoms with van der Waals surface area (Å²) in [7, 11) is 4.29. The van der Waals surface area contributed by atoms with Gasteiger partial charge in [0.15, 0.2) is 0 Å². The van der Waals surface area contributed by atoms with Crippen LogP contribution in [-0.4, -0.2) is 38.9 Å². The van der Waals surface area contributed by atoms with Gasteiger partial charge in [0.2, 0.25) is 11.6 Å². The van der Waals surface area contributed by atoms with E-state index in [1.54, 1.807) is 0 Å². The molecule has 0 aliphatic heterocycles. The van der Waals surface area contributed by atoms with Crippen molar-refractivity contribution in [2.24, 2.45) is 23.7 Å². The van der Waals surface area contributed by atoms with E-state index in [1.807, 2.05) is 12.2 Å². The average molecular weight is 278 g/mol. The molecule has 0 unspecified atom stereocenters. The van der Waals surface area contributed by atoms with E-state index in [4.69, 9.17) is 14.2 Å². The molecule has 108 valence electrons. The second-order valence-electron chi connectivity index (χ2n) is 5.46. The van der Waals surface area contributed by atoms with Crippen LogP contribution in [0.25, 0.3) is 0 Å². The van der Waals surface area contributed by atoms with E-state index >= 15 is 0 Å². The van der Waals surface area contributed by atoms with Crippen LogP contribution in [0.1, 0.15) is 6.42 Å². The van der Waals surface area contributed by atoms with Gasteiger partial charge < -0.3 is 14.2 Å².